The normalized spacial score (nSPS) is 16.7. The van der Waals surface area contributed by atoms with Gasteiger partial charge in [-0.05, 0) is 49.9 Å². The van der Waals surface area contributed by atoms with Crippen molar-refractivity contribution in [1.29, 1.82) is 5.26 Å². The lowest BCUT2D eigenvalue weighted by molar-refractivity contribution is -0.143. The van der Waals surface area contributed by atoms with E-state index in [0.29, 0.717) is 36.7 Å². The van der Waals surface area contributed by atoms with Gasteiger partial charge in [-0.1, -0.05) is 33.1 Å². The minimum absolute atomic E-state index is 0.353. The summed E-state index contributed by atoms with van der Waals surface area (Å²) in [5, 5.41) is 9.64. The Balaban J connectivity index is 1.97. The molecular formula is C22H30N2O4. The molecule has 28 heavy (non-hydrogen) atoms. The van der Waals surface area contributed by atoms with Gasteiger partial charge in [0.1, 0.15) is 11.3 Å². The number of hydrogen-bond donors (Lipinski definition) is 0. The molecule has 1 aliphatic carbocycles. The van der Waals surface area contributed by atoms with Crippen molar-refractivity contribution in [3.63, 3.8) is 0 Å². The van der Waals surface area contributed by atoms with Crippen LogP contribution in [0.15, 0.2) is 24.3 Å². The summed E-state index contributed by atoms with van der Waals surface area (Å²) in [7, 11) is 1.63. The van der Waals surface area contributed by atoms with Crippen LogP contribution in [0, 0.1) is 17.2 Å². The van der Waals surface area contributed by atoms with Gasteiger partial charge in [0.05, 0.1) is 18.2 Å². The van der Waals surface area contributed by atoms with Gasteiger partial charge in [0.25, 0.3) is 5.91 Å². The average molecular weight is 386 g/mol. The molecular weight excluding hydrogens is 356 g/mol. The fourth-order valence-corrected chi connectivity index (χ4v) is 3.37. The molecule has 6 heteroatoms. The highest BCUT2D eigenvalue weighted by molar-refractivity contribution is 5.92. The van der Waals surface area contributed by atoms with Crippen molar-refractivity contribution in [1.82, 2.24) is 4.90 Å². The van der Waals surface area contributed by atoms with Crippen LogP contribution >= 0.6 is 0 Å². The van der Waals surface area contributed by atoms with Gasteiger partial charge in [0.2, 0.25) is 0 Å². The summed E-state index contributed by atoms with van der Waals surface area (Å²) in [6.07, 6.45) is 3.28. The van der Waals surface area contributed by atoms with E-state index in [4.69, 9.17) is 9.47 Å². The molecule has 152 valence electrons. The van der Waals surface area contributed by atoms with Crippen molar-refractivity contribution in [2.45, 2.75) is 64.5 Å². The first kappa shape index (κ1) is 21.7. The Bertz CT molecular complexity index is 715. The summed E-state index contributed by atoms with van der Waals surface area (Å²) in [6, 6.07) is 8.98. The van der Waals surface area contributed by atoms with Crippen molar-refractivity contribution in [2.75, 3.05) is 13.7 Å². The minimum atomic E-state index is -0.957. The van der Waals surface area contributed by atoms with Gasteiger partial charge in [-0.3, -0.25) is 4.79 Å². The molecule has 1 saturated carbocycles. The number of esters is 1. The molecule has 1 aliphatic rings. The number of carbonyl (C=O) groups excluding carboxylic acids is 2. The first-order valence-corrected chi connectivity index (χ1v) is 9.92. The maximum Gasteiger partial charge on any atom is 0.338 e. The van der Waals surface area contributed by atoms with Crippen molar-refractivity contribution < 1.29 is 19.1 Å². The van der Waals surface area contributed by atoms with Gasteiger partial charge in [-0.25, -0.2) is 4.79 Å². The van der Waals surface area contributed by atoms with Gasteiger partial charge >= 0.3 is 5.97 Å². The maximum absolute atomic E-state index is 12.8. The fourth-order valence-electron chi connectivity index (χ4n) is 3.37. The summed E-state index contributed by atoms with van der Waals surface area (Å²) in [4.78, 5) is 26.6. The van der Waals surface area contributed by atoms with Crippen LogP contribution in [0.1, 0.15) is 63.2 Å². The van der Waals surface area contributed by atoms with Crippen molar-refractivity contribution in [2.24, 2.45) is 5.92 Å². The average Bonchev–Trinajstić information content (AvgIpc) is 2.71. The minimum Gasteiger partial charge on any atom is -0.493 e. The molecule has 0 aromatic heterocycles. The number of nitrogens with zero attached hydrogens (tertiary/aromatic N) is 2. The smallest absolute Gasteiger partial charge is 0.338 e. The lowest BCUT2D eigenvalue weighted by atomic mass is 9.81. The van der Waals surface area contributed by atoms with E-state index in [1.165, 1.54) is 4.90 Å². The molecule has 0 N–H and O–H groups in total. The van der Waals surface area contributed by atoms with E-state index in [1.807, 2.05) is 0 Å². The molecule has 1 aromatic rings. The van der Waals surface area contributed by atoms with Gasteiger partial charge in [0.15, 0.2) is 6.10 Å². The van der Waals surface area contributed by atoms with Crippen molar-refractivity contribution in [3.05, 3.63) is 29.8 Å². The molecule has 2 rings (SSSR count). The van der Waals surface area contributed by atoms with E-state index in [1.54, 1.807) is 38.2 Å². The van der Waals surface area contributed by atoms with Crippen LogP contribution in [-0.4, -0.2) is 42.1 Å². The molecule has 6 nitrogen and oxygen atoms in total. The molecule has 1 aromatic carbocycles. The Morgan fingerprint density at radius 2 is 1.75 bits per heavy atom. The van der Waals surface area contributed by atoms with Crippen LogP contribution in [0.25, 0.3) is 0 Å². The number of nitriles is 1. The van der Waals surface area contributed by atoms with Crippen LogP contribution < -0.4 is 4.74 Å². The highest BCUT2D eigenvalue weighted by Crippen LogP contribution is 2.33. The van der Waals surface area contributed by atoms with E-state index in [2.05, 4.69) is 19.9 Å². The molecule has 1 atom stereocenters. The van der Waals surface area contributed by atoms with Gasteiger partial charge in [-0.2, -0.15) is 5.26 Å². The van der Waals surface area contributed by atoms with E-state index < -0.39 is 17.6 Å². The first-order valence-electron chi connectivity index (χ1n) is 9.92. The monoisotopic (exact) mass is 386 g/mol. The maximum atomic E-state index is 12.8. The number of carbonyl (C=O) groups is 2. The van der Waals surface area contributed by atoms with E-state index in [9.17, 15) is 14.9 Å². The van der Waals surface area contributed by atoms with Crippen LogP contribution in [-0.2, 0) is 9.53 Å². The van der Waals surface area contributed by atoms with Crippen LogP contribution in [0.2, 0.25) is 0 Å². The Labute approximate surface area is 167 Å². The van der Waals surface area contributed by atoms with Crippen LogP contribution in [0.3, 0.4) is 0 Å². The van der Waals surface area contributed by atoms with Gasteiger partial charge < -0.3 is 14.4 Å². The number of rotatable bonds is 7. The van der Waals surface area contributed by atoms with E-state index in [0.717, 1.165) is 19.3 Å². The molecule has 0 spiro atoms. The Kier molecular flexibility index (Phi) is 7.45. The molecule has 0 bridgehead atoms. The second-order valence-corrected chi connectivity index (χ2v) is 7.88. The van der Waals surface area contributed by atoms with Gasteiger partial charge in [-0.15, -0.1) is 0 Å². The SMILES string of the molecule is CC(C)COc1ccc(C(=O)O[C@@H](C)C(=O)N(C)C2(C#N)CCCCC2)cc1. The van der Waals surface area contributed by atoms with E-state index >= 15 is 0 Å². The fraction of sp³-hybridized carbons (Fsp3) is 0.591. The number of hydrogen-bond acceptors (Lipinski definition) is 5. The molecule has 1 amide bonds. The largest absolute Gasteiger partial charge is 0.493 e. The summed E-state index contributed by atoms with van der Waals surface area (Å²) in [5.74, 6) is 0.171. The zero-order valence-electron chi connectivity index (χ0n) is 17.2. The predicted octanol–water partition coefficient (Wildman–Crippen LogP) is 3.95. The number of benzene rings is 1. The van der Waals surface area contributed by atoms with Crippen molar-refractivity contribution in [3.8, 4) is 11.8 Å². The third kappa shape index (κ3) is 5.25. The lowest BCUT2D eigenvalue weighted by Crippen LogP contribution is -2.53. The number of amides is 1. The van der Waals surface area contributed by atoms with Crippen LogP contribution in [0.4, 0.5) is 0 Å². The summed E-state index contributed by atoms with van der Waals surface area (Å²) < 4.78 is 11.0. The second-order valence-electron chi connectivity index (χ2n) is 7.88. The third-order valence-corrected chi connectivity index (χ3v) is 5.17. The molecule has 1 fully saturated rings. The third-order valence-electron chi connectivity index (χ3n) is 5.17. The standard InChI is InChI=1S/C22H30N2O4/c1-16(2)14-27-19-10-8-18(9-11-19)21(26)28-17(3)20(25)24(4)22(15-23)12-6-5-7-13-22/h8-11,16-17H,5-7,12-14H2,1-4H3/t17-/m0/s1. The van der Waals surface area contributed by atoms with Crippen molar-refractivity contribution >= 4 is 11.9 Å². The molecule has 0 aliphatic heterocycles. The number of likely N-dealkylation sites (N-methyl/N-ethyl adjacent to an activating group) is 1. The molecule has 0 saturated heterocycles. The predicted molar refractivity (Wildman–Crippen MR) is 106 cm³/mol. The Morgan fingerprint density at radius 3 is 2.29 bits per heavy atom. The summed E-state index contributed by atoms with van der Waals surface area (Å²) in [5.41, 5.74) is -0.447. The number of ether oxygens (including phenoxy) is 2. The molecule has 0 radical (unpaired) electrons. The highest BCUT2D eigenvalue weighted by atomic mass is 16.5. The first-order chi connectivity index (χ1) is 13.3. The quantitative estimate of drug-likeness (QED) is 0.663. The summed E-state index contributed by atoms with van der Waals surface area (Å²) >= 11 is 0. The highest BCUT2D eigenvalue weighted by Gasteiger charge is 2.40. The zero-order chi connectivity index (χ0) is 20.7. The Morgan fingerprint density at radius 1 is 1.14 bits per heavy atom. The van der Waals surface area contributed by atoms with E-state index in [-0.39, 0.29) is 5.91 Å². The summed E-state index contributed by atoms with van der Waals surface area (Å²) in [6.45, 7) is 6.27. The van der Waals surface area contributed by atoms with Gasteiger partial charge in [0, 0.05) is 7.05 Å². The molecule has 0 unspecified atom stereocenters. The van der Waals surface area contributed by atoms with Crippen LogP contribution in [0.5, 0.6) is 5.75 Å². The zero-order valence-corrected chi connectivity index (χ0v) is 17.2. The lowest BCUT2D eigenvalue weighted by Gasteiger charge is -2.39. The Hall–Kier alpha value is -2.55. The topological polar surface area (TPSA) is 79.6 Å². The molecule has 0 heterocycles. The second kappa shape index (κ2) is 9.59.